The molecule has 0 saturated heterocycles. The monoisotopic (exact) mass is 377 g/mol. The van der Waals surface area contributed by atoms with E-state index in [9.17, 15) is 9.59 Å². The molecule has 0 bridgehead atoms. The molecule has 0 aliphatic carbocycles. The van der Waals surface area contributed by atoms with Crippen LogP contribution in [0.3, 0.4) is 0 Å². The zero-order valence-electron chi connectivity index (χ0n) is 15.2. The number of rotatable bonds is 4. The molecule has 0 fully saturated rings. The van der Waals surface area contributed by atoms with Crippen LogP contribution in [0, 0.1) is 6.92 Å². The number of aromatic nitrogens is 2. The molecular formula is C21H19N3O2S. The van der Waals surface area contributed by atoms with Crippen molar-refractivity contribution in [2.24, 2.45) is 0 Å². The lowest BCUT2D eigenvalue weighted by atomic mass is 10.1. The fourth-order valence-corrected chi connectivity index (χ4v) is 4.34. The first-order valence-corrected chi connectivity index (χ1v) is 9.66. The Morgan fingerprint density at radius 2 is 1.89 bits per heavy atom. The topological polar surface area (TPSA) is 64.0 Å². The van der Waals surface area contributed by atoms with Gasteiger partial charge < -0.3 is 5.32 Å². The Bertz CT molecular complexity index is 1220. The molecule has 2 heterocycles. The molecule has 4 rings (SSSR count). The molecule has 2 aromatic heterocycles. The average molecular weight is 377 g/mol. The number of aryl methyl sites for hydroxylation is 2. The number of fused-ring (bicyclic) bond motifs is 3. The van der Waals surface area contributed by atoms with Gasteiger partial charge in [-0.3, -0.25) is 14.2 Å². The molecular weight excluding hydrogens is 358 g/mol. The van der Waals surface area contributed by atoms with E-state index in [-0.39, 0.29) is 18.0 Å². The molecule has 0 spiro atoms. The van der Waals surface area contributed by atoms with E-state index < -0.39 is 0 Å². The van der Waals surface area contributed by atoms with Crippen LogP contribution in [-0.2, 0) is 17.8 Å². The Labute approximate surface area is 160 Å². The smallest absolute Gasteiger partial charge is 0.272 e. The average Bonchev–Trinajstić information content (AvgIpc) is 3.04. The zero-order chi connectivity index (χ0) is 19.0. The molecule has 27 heavy (non-hydrogen) atoms. The molecule has 1 amide bonds. The van der Waals surface area contributed by atoms with E-state index in [1.54, 1.807) is 6.92 Å². The summed E-state index contributed by atoms with van der Waals surface area (Å²) >= 11 is 1.42. The number of thiophene rings is 1. The maximum absolute atomic E-state index is 13.0. The van der Waals surface area contributed by atoms with Crippen LogP contribution in [0.4, 0.5) is 5.69 Å². The number of nitrogens with zero attached hydrogens (tertiary/aromatic N) is 2. The highest BCUT2D eigenvalue weighted by Crippen LogP contribution is 2.30. The van der Waals surface area contributed by atoms with Gasteiger partial charge in [-0.05, 0) is 31.0 Å². The predicted molar refractivity (Wildman–Crippen MR) is 111 cm³/mol. The van der Waals surface area contributed by atoms with Crippen LogP contribution in [0.1, 0.15) is 18.3 Å². The third-order valence-corrected chi connectivity index (χ3v) is 5.79. The number of nitrogens with one attached hydrogen (secondary N) is 1. The highest BCUT2D eigenvalue weighted by Gasteiger charge is 2.16. The molecule has 0 aliphatic rings. The Morgan fingerprint density at radius 1 is 1.15 bits per heavy atom. The second kappa shape index (κ2) is 6.96. The molecule has 1 N–H and O–H groups in total. The van der Waals surface area contributed by atoms with Gasteiger partial charge >= 0.3 is 0 Å². The van der Waals surface area contributed by atoms with Gasteiger partial charge in [0, 0.05) is 15.8 Å². The molecule has 4 aromatic rings. The second-order valence-corrected chi connectivity index (χ2v) is 7.44. The van der Waals surface area contributed by atoms with Gasteiger partial charge in [-0.1, -0.05) is 43.3 Å². The van der Waals surface area contributed by atoms with E-state index in [0.717, 1.165) is 27.8 Å². The summed E-state index contributed by atoms with van der Waals surface area (Å²) < 4.78 is 3.06. The van der Waals surface area contributed by atoms with Crippen molar-refractivity contribution >= 4 is 43.2 Å². The molecule has 0 atom stereocenters. The number of para-hydroxylation sites is 1. The van der Waals surface area contributed by atoms with Crippen molar-refractivity contribution in [1.82, 2.24) is 9.55 Å². The first-order chi connectivity index (χ1) is 13.1. The van der Waals surface area contributed by atoms with Crippen LogP contribution >= 0.6 is 11.3 Å². The lowest BCUT2D eigenvalue weighted by Gasteiger charge is -2.12. The minimum Gasteiger partial charge on any atom is -0.324 e. The predicted octanol–water partition coefficient (Wildman–Crippen LogP) is 4.12. The number of carbonyl (C=O) groups is 1. The maximum Gasteiger partial charge on any atom is 0.272 e. The summed E-state index contributed by atoms with van der Waals surface area (Å²) in [6.45, 7) is 3.75. The van der Waals surface area contributed by atoms with Gasteiger partial charge in [0.25, 0.3) is 5.56 Å². The first-order valence-electron chi connectivity index (χ1n) is 8.85. The molecule has 0 unspecified atom stereocenters. The number of anilines is 1. The minimum absolute atomic E-state index is 0.0557. The van der Waals surface area contributed by atoms with Crippen LogP contribution in [0.2, 0.25) is 0 Å². The van der Waals surface area contributed by atoms with Gasteiger partial charge in [0.2, 0.25) is 5.91 Å². The number of hydrogen-bond donors (Lipinski definition) is 1. The van der Waals surface area contributed by atoms with Crippen molar-refractivity contribution in [1.29, 1.82) is 0 Å². The quantitative estimate of drug-likeness (QED) is 0.582. The van der Waals surface area contributed by atoms with Gasteiger partial charge in [-0.25, -0.2) is 4.98 Å². The zero-order valence-corrected chi connectivity index (χ0v) is 16.0. The summed E-state index contributed by atoms with van der Waals surface area (Å²) in [5, 5.41) is 3.89. The highest BCUT2D eigenvalue weighted by molar-refractivity contribution is 7.25. The van der Waals surface area contributed by atoms with Gasteiger partial charge in [0.05, 0.1) is 5.52 Å². The van der Waals surface area contributed by atoms with E-state index >= 15 is 0 Å². The van der Waals surface area contributed by atoms with Crippen molar-refractivity contribution in [2.45, 2.75) is 26.8 Å². The van der Waals surface area contributed by atoms with Crippen LogP contribution in [0.25, 0.3) is 20.3 Å². The molecule has 0 saturated carbocycles. The van der Waals surface area contributed by atoms with E-state index in [4.69, 9.17) is 0 Å². The van der Waals surface area contributed by atoms with Crippen LogP contribution in [-0.4, -0.2) is 15.5 Å². The first kappa shape index (κ1) is 17.4. The third-order valence-electron chi connectivity index (χ3n) is 4.65. The van der Waals surface area contributed by atoms with Crippen LogP contribution in [0.5, 0.6) is 0 Å². The minimum atomic E-state index is -0.233. The van der Waals surface area contributed by atoms with E-state index in [1.807, 2.05) is 55.5 Å². The maximum atomic E-state index is 13.0. The summed E-state index contributed by atoms with van der Waals surface area (Å²) in [5.41, 5.74) is 2.39. The largest absolute Gasteiger partial charge is 0.324 e. The van der Waals surface area contributed by atoms with Gasteiger partial charge in [0.15, 0.2) is 0 Å². The van der Waals surface area contributed by atoms with Gasteiger partial charge in [-0.15, -0.1) is 11.3 Å². The Morgan fingerprint density at radius 3 is 2.70 bits per heavy atom. The third kappa shape index (κ3) is 3.13. The fourth-order valence-electron chi connectivity index (χ4n) is 3.25. The van der Waals surface area contributed by atoms with Crippen molar-refractivity contribution in [2.75, 3.05) is 5.32 Å². The summed E-state index contributed by atoms with van der Waals surface area (Å²) in [7, 11) is 0. The number of carbonyl (C=O) groups excluding carboxylic acids is 1. The second-order valence-electron chi connectivity index (χ2n) is 6.39. The summed E-state index contributed by atoms with van der Waals surface area (Å²) in [5.74, 6) is 0.304. The van der Waals surface area contributed by atoms with Gasteiger partial charge in [-0.2, -0.15) is 0 Å². The normalized spacial score (nSPS) is 11.2. The summed E-state index contributed by atoms with van der Waals surface area (Å²) in [6, 6.07) is 15.5. The highest BCUT2D eigenvalue weighted by atomic mass is 32.1. The Kier molecular flexibility index (Phi) is 4.49. The fraction of sp³-hybridized carbons (Fsp3) is 0.190. The van der Waals surface area contributed by atoms with E-state index in [1.165, 1.54) is 15.9 Å². The summed E-state index contributed by atoms with van der Waals surface area (Å²) in [6.07, 6.45) is 0.824. The van der Waals surface area contributed by atoms with Crippen LogP contribution < -0.4 is 10.9 Å². The van der Waals surface area contributed by atoms with Gasteiger partial charge in [0.1, 0.15) is 17.1 Å². The molecule has 0 aliphatic heterocycles. The molecule has 0 radical (unpaired) electrons. The van der Waals surface area contributed by atoms with Crippen LogP contribution in [0.15, 0.2) is 53.3 Å². The Balaban J connectivity index is 1.70. The number of amides is 1. The molecule has 5 nitrogen and oxygen atoms in total. The molecule has 6 heteroatoms. The van der Waals surface area contributed by atoms with E-state index in [0.29, 0.717) is 16.0 Å². The standard InChI is InChI=1S/C21H19N3O2S/c1-3-14-8-4-6-10-16(14)23-18(25)12-24-13(2)22-19-15-9-5-7-11-17(15)27-20(19)21(24)26/h4-11H,3,12H2,1-2H3,(H,23,25). The van der Waals surface area contributed by atoms with Crippen molar-refractivity contribution in [3.63, 3.8) is 0 Å². The van der Waals surface area contributed by atoms with E-state index in [2.05, 4.69) is 10.3 Å². The lowest BCUT2D eigenvalue weighted by molar-refractivity contribution is -0.116. The Hall–Kier alpha value is -2.99. The van der Waals surface area contributed by atoms with Crippen molar-refractivity contribution in [3.05, 3.63) is 70.3 Å². The van der Waals surface area contributed by atoms with Crippen molar-refractivity contribution < 1.29 is 4.79 Å². The molecule has 2 aromatic carbocycles. The lowest BCUT2D eigenvalue weighted by Crippen LogP contribution is -2.30. The summed E-state index contributed by atoms with van der Waals surface area (Å²) in [4.78, 5) is 30.2. The van der Waals surface area contributed by atoms with Crippen molar-refractivity contribution in [3.8, 4) is 0 Å². The molecule has 136 valence electrons. The SMILES string of the molecule is CCc1ccccc1NC(=O)Cn1c(C)nc2c(sc3ccccc32)c1=O. The number of benzene rings is 2. The number of hydrogen-bond acceptors (Lipinski definition) is 4.